The van der Waals surface area contributed by atoms with E-state index < -0.39 is 17.3 Å². The van der Waals surface area contributed by atoms with Crippen molar-refractivity contribution >= 4 is 35.1 Å². The SMILES string of the molecule is Cc1cc(N(C)C(=O)OC(C)(C)C)cc(Nc2nc3c(c(C4=CCN(C(=O)OC(C)(C)C)CCC4)c2C)OCC3)n1. The number of hydrogen-bond donors (Lipinski definition) is 1. The lowest BCUT2D eigenvalue weighted by Crippen LogP contribution is -2.37. The van der Waals surface area contributed by atoms with Crippen LogP contribution in [-0.2, 0) is 15.9 Å². The van der Waals surface area contributed by atoms with Gasteiger partial charge >= 0.3 is 12.2 Å². The van der Waals surface area contributed by atoms with E-state index in [-0.39, 0.29) is 6.09 Å². The summed E-state index contributed by atoms with van der Waals surface area (Å²) in [6.07, 6.45) is 3.67. The molecule has 0 radical (unpaired) electrons. The van der Waals surface area contributed by atoms with Gasteiger partial charge in [-0.3, -0.25) is 4.90 Å². The summed E-state index contributed by atoms with van der Waals surface area (Å²) in [5.41, 5.74) is 4.23. The lowest BCUT2D eigenvalue weighted by molar-refractivity contribution is 0.0273. The Morgan fingerprint density at radius 3 is 2.41 bits per heavy atom. The molecule has 222 valence electrons. The van der Waals surface area contributed by atoms with Crippen molar-refractivity contribution in [2.75, 3.05) is 37.0 Å². The van der Waals surface area contributed by atoms with Gasteiger partial charge in [-0.05, 0) is 79.9 Å². The van der Waals surface area contributed by atoms with Crippen molar-refractivity contribution in [1.82, 2.24) is 14.9 Å². The minimum absolute atomic E-state index is 0.303. The molecule has 2 aliphatic rings. The van der Waals surface area contributed by atoms with Crippen molar-refractivity contribution in [3.8, 4) is 5.75 Å². The molecule has 0 spiro atoms. The van der Waals surface area contributed by atoms with Crippen LogP contribution in [0.5, 0.6) is 5.75 Å². The molecule has 2 aromatic rings. The average molecular weight is 566 g/mol. The van der Waals surface area contributed by atoms with Crippen LogP contribution in [0.3, 0.4) is 0 Å². The van der Waals surface area contributed by atoms with Gasteiger partial charge in [0, 0.05) is 49.4 Å². The first-order valence-electron chi connectivity index (χ1n) is 14.2. The van der Waals surface area contributed by atoms with Crippen LogP contribution >= 0.6 is 0 Å². The third kappa shape index (κ3) is 7.48. The first kappa shape index (κ1) is 30.1. The second-order valence-corrected chi connectivity index (χ2v) is 12.6. The summed E-state index contributed by atoms with van der Waals surface area (Å²) in [5, 5.41) is 3.40. The Morgan fingerprint density at radius 2 is 1.73 bits per heavy atom. The van der Waals surface area contributed by atoms with Crippen LogP contribution in [0.25, 0.3) is 5.57 Å². The smallest absolute Gasteiger partial charge is 0.414 e. The Hall–Kier alpha value is -3.82. The lowest BCUT2D eigenvalue weighted by atomic mass is 9.95. The van der Waals surface area contributed by atoms with Crippen molar-refractivity contribution in [3.05, 3.63) is 40.7 Å². The number of amides is 2. The number of nitrogens with zero attached hydrogens (tertiary/aromatic N) is 4. The molecular formula is C31H43N5O5. The molecule has 2 aromatic heterocycles. The van der Waals surface area contributed by atoms with Gasteiger partial charge in [0.2, 0.25) is 0 Å². The van der Waals surface area contributed by atoms with Gasteiger partial charge in [0.25, 0.3) is 0 Å². The standard InChI is InChI=1S/C31H43N5O5/c1-19-17-22(35(9)28(37)40-30(3,4)5)18-24(32-19)34-27-20(2)25(26-23(33-27)13-16-39-26)21-11-10-14-36(15-12-21)29(38)41-31(6,7)8/h12,17-18H,10-11,13-16H2,1-9H3,(H,32,33,34). The second kappa shape index (κ2) is 11.6. The Labute approximate surface area is 243 Å². The molecule has 0 saturated heterocycles. The maximum Gasteiger partial charge on any atom is 0.414 e. The predicted octanol–water partition coefficient (Wildman–Crippen LogP) is 6.56. The van der Waals surface area contributed by atoms with Crippen molar-refractivity contribution in [2.45, 2.75) is 85.9 Å². The second-order valence-electron chi connectivity index (χ2n) is 12.6. The largest absolute Gasteiger partial charge is 0.491 e. The van der Waals surface area contributed by atoms with Crippen molar-refractivity contribution in [3.63, 3.8) is 0 Å². The molecule has 0 aromatic carbocycles. The zero-order valence-electron chi connectivity index (χ0n) is 25.8. The summed E-state index contributed by atoms with van der Waals surface area (Å²) < 4.78 is 17.2. The lowest BCUT2D eigenvalue weighted by Gasteiger charge is -2.25. The zero-order chi connectivity index (χ0) is 30.1. The van der Waals surface area contributed by atoms with Gasteiger partial charge in [-0.15, -0.1) is 0 Å². The quantitative estimate of drug-likeness (QED) is 0.444. The van der Waals surface area contributed by atoms with E-state index in [1.54, 1.807) is 11.9 Å². The monoisotopic (exact) mass is 565 g/mol. The van der Waals surface area contributed by atoms with Gasteiger partial charge < -0.3 is 24.4 Å². The minimum Gasteiger partial charge on any atom is -0.491 e. The molecule has 4 heterocycles. The van der Waals surface area contributed by atoms with E-state index in [1.165, 1.54) is 4.90 Å². The van der Waals surface area contributed by atoms with Gasteiger partial charge in [0.1, 0.15) is 28.6 Å². The van der Waals surface area contributed by atoms with E-state index >= 15 is 0 Å². The fourth-order valence-electron chi connectivity index (χ4n) is 4.84. The maximum absolute atomic E-state index is 12.7. The topological polar surface area (TPSA) is 106 Å². The van der Waals surface area contributed by atoms with Gasteiger partial charge in [0.05, 0.1) is 18.0 Å². The number of aryl methyl sites for hydroxylation is 1. The summed E-state index contributed by atoms with van der Waals surface area (Å²) >= 11 is 0. The first-order valence-corrected chi connectivity index (χ1v) is 14.2. The van der Waals surface area contributed by atoms with Gasteiger partial charge in [0.15, 0.2) is 0 Å². The maximum atomic E-state index is 12.7. The molecule has 0 bridgehead atoms. The summed E-state index contributed by atoms with van der Waals surface area (Å²) in [4.78, 5) is 38.2. The molecule has 1 N–H and O–H groups in total. The molecular weight excluding hydrogens is 522 g/mol. The van der Waals surface area contributed by atoms with Crippen LogP contribution < -0.4 is 15.0 Å². The number of aromatic nitrogens is 2. The van der Waals surface area contributed by atoms with Crippen LogP contribution in [0, 0.1) is 13.8 Å². The summed E-state index contributed by atoms with van der Waals surface area (Å²) in [7, 11) is 1.68. The molecule has 41 heavy (non-hydrogen) atoms. The molecule has 2 aliphatic heterocycles. The summed E-state index contributed by atoms with van der Waals surface area (Å²) in [6, 6.07) is 3.65. The Kier molecular flexibility index (Phi) is 8.52. The molecule has 0 aliphatic carbocycles. The number of fused-ring (bicyclic) bond motifs is 1. The highest BCUT2D eigenvalue weighted by Crippen LogP contribution is 2.41. The highest BCUT2D eigenvalue weighted by Gasteiger charge is 2.28. The van der Waals surface area contributed by atoms with Crippen LogP contribution in [-0.4, -0.2) is 65.0 Å². The third-order valence-electron chi connectivity index (χ3n) is 6.70. The van der Waals surface area contributed by atoms with Crippen molar-refractivity contribution in [2.24, 2.45) is 0 Å². The molecule has 4 rings (SSSR count). The zero-order valence-corrected chi connectivity index (χ0v) is 25.8. The van der Waals surface area contributed by atoms with E-state index in [0.717, 1.165) is 46.7 Å². The molecule has 10 nitrogen and oxygen atoms in total. The predicted molar refractivity (Wildman–Crippen MR) is 160 cm³/mol. The normalized spacial score (nSPS) is 15.3. The Morgan fingerprint density at radius 1 is 1.02 bits per heavy atom. The molecule has 2 amide bonds. The molecule has 0 unspecified atom stereocenters. The van der Waals surface area contributed by atoms with E-state index in [9.17, 15) is 9.59 Å². The number of carbonyl (C=O) groups is 2. The van der Waals surface area contributed by atoms with Crippen LogP contribution in [0.1, 0.15) is 76.9 Å². The summed E-state index contributed by atoms with van der Waals surface area (Å²) in [6.45, 7) is 16.7. The highest BCUT2D eigenvalue weighted by molar-refractivity contribution is 5.88. The average Bonchev–Trinajstić information content (AvgIpc) is 3.16. The molecule has 0 fully saturated rings. The minimum atomic E-state index is -0.602. The number of nitrogens with one attached hydrogen (secondary N) is 1. The fraction of sp³-hybridized carbons (Fsp3) is 0.548. The fourth-order valence-corrected chi connectivity index (χ4v) is 4.84. The summed E-state index contributed by atoms with van der Waals surface area (Å²) in [5.74, 6) is 2.07. The van der Waals surface area contributed by atoms with E-state index in [0.29, 0.717) is 43.4 Å². The van der Waals surface area contributed by atoms with E-state index in [2.05, 4.69) is 16.4 Å². The number of ether oxygens (including phenoxy) is 3. The number of allylic oxidation sites excluding steroid dienone is 1. The van der Waals surface area contributed by atoms with Crippen LogP contribution in [0.15, 0.2) is 18.2 Å². The van der Waals surface area contributed by atoms with Crippen LogP contribution in [0.4, 0.5) is 26.9 Å². The number of carbonyl (C=O) groups excluding carboxylic acids is 2. The molecule has 10 heteroatoms. The third-order valence-corrected chi connectivity index (χ3v) is 6.70. The first-order chi connectivity index (χ1) is 19.1. The van der Waals surface area contributed by atoms with Crippen molar-refractivity contribution in [1.29, 1.82) is 0 Å². The number of rotatable bonds is 4. The number of anilines is 3. The van der Waals surface area contributed by atoms with Gasteiger partial charge in [-0.25, -0.2) is 19.6 Å². The van der Waals surface area contributed by atoms with E-state index in [1.807, 2.05) is 67.5 Å². The van der Waals surface area contributed by atoms with Crippen LogP contribution in [0.2, 0.25) is 0 Å². The van der Waals surface area contributed by atoms with Gasteiger partial charge in [-0.2, -0.15) is 0 Å². The van der Waals surface area contributed by atoms with Crippen molar-refractivity contribution < 1.29 is 23.8 Å². The van der Waals surface area contributed by atoms with E-state index in [4.69, 9.17) is 19.2 Å². The number of hydrogen-bond acceptors (Lipinski definition) is 8. The Bertz CT molecular complexity index is 1360. The Balaban J connectivity index is 1.64. The molecule has 0 saturated carbocycles. The highest BCUT2D eigenvalue weighted by atomic mass is 16.6. The number of pyridine rings is 2. The van der Waals surface area contributed by atoms with Gasteiger partial charge in [-0.1, -0.05) is 6.08 Å². The molecule has 0 atom stereocenters.